The molecule has 1 aromatic carbocycles. The van der Waals surface area contributed by atoms with Gasteiger partial charge in [0.05, 0.1) is 0 Å². The fourth-order valence-corrected chi connectivity index (χ4v) is 2.05. The van der Waals surface area contributed by atoms with Gasteiger partial charge in [0, 0.05) is 12.6 Å². The lowest BCUT2D eigenvalue weighted by Gasteiger charge is -2.21. The molecule has 1 aromatic rings. The van der Waals surface area contributed by atoms with E-state index in [4.69, 9.17) is 5.73 Å². The first kappa shape index (κ1) is 14.2. The van der Waals surface area contributed by atoms with E-state index in [-0.39, 0.29) is 6.04 Å². The Balaban J connectivity index is 2.39. The Hall–Kier alpha value is -0.860. The molecule has 0 bridgehead atoms. The molecule has 0 heterocycles. The molecule has 0 aliphatic carbocycles. The van der Waals surface area contributed by atoms with Crippen molar-refractivity contribution in [3.8, 4) is 0 Å². The normalized spacial score (nSPS) is 13.4. The second-order valence-electron chi connectivity index (χ2n) is 5.46. The number of rotatable bonds is 6. The lowest BCUT2D eigenvalue weighted by molar-refractivity contribution is 0.284. The molecule has 96 valence electrons. The van der Waals surface area contributed by atoms with Gasteiger partial charge < -0.3 is 10.6 Å². The van der Waals surface area contributed by atoms with E-state index in [1.807, 2.05) is 0 Å². The molecule has 2 nitrogen and oxygen atoms in total. The van der Waals surface area contributed by atoms with Gasteiger partial charge in [0.1, 0.15) is 0 Å². The minimum Gasteiger partial charge on any atom is -0.324 e. The first-order valence-corrected chi connectivity index (χ1v) is 6.49. The number of nitrogens with zero attached hydrogens (tertiary/aromatic N) is 1. The van der Waals surface area contributed by atoms with E-state index in [0.717, 1.165) is 25.4 Å². The highest BCUT2D eigenvalue weighted by Gasteiger charge is 2.08. The Morgan fingerprint density at radius 2 is 1.76 bits per heavy atom. The second kappa shape index (κ2) is 6.77. The van der Waals surface area contributed by atoms with Crippen LogP contribution in [0.5, 0.6) is 0 Å². The summed E-state index contributed by atoms with van der Waals surface area (Å²) in [6.07, 6.45) is 1.02. The fraction of sp³-hybridized carbons (Fsp3) is 0.600. The van der Waals surface area contributed by atoms with Gasteiger partial charge in [0.15, 0.2) is 0 Å². The molecular formula is C15H26N2. The molecule has 0 aliphatic rings. The Labute approximate surface area is 106 Å². The van der Waals surface area contributed by atoms with Gasteiger partial charge in [-0.1, -0.05) is 43.7 Å². The van der Waals surface area contributed by atoms with Crippen molar-refractivity contribution in [2.24, 2.45) is 11.7 Å². The Bertz CT molecular complexity index is 316. The molecule has 2 heteroatoms. The van der Waals surface area contributed by atoms with E-state index < -0.39 is 0 Å². The number of hydrogen-bond acceptors (Lipinski definition) is 2. The summed E-state index contributed by atoms with van der Waals surface area (Å²) in [6.45, 7) is 8.80. The highest BCUT2D eigenvalue weighted by molar-refractivity contribution is 5.23. The predicted octanol–water partition coefficient (Wildman–Crippen LogP) is 2.97. The average molecular weight is 234 g/mol. The van der Waals surface area contributed by atoms with E-state index in [9.17, 15) is 0 Å². The van der Waals surface area contributed by atoms with Gasteiger partial charge in [-0.25, -0.2) is 0 Å². The monoisotopic (exact) mass is 234 g/mol. The van der Waals surface area contributed by atoms with Gasteiger partial charge in [-0.15, -0.1) is 0 Å². The molecule has 17 heavy (non-hydrogen) atoms. The summed E-state index contributed by atoms with van der Waals surface area (Å²) >= 11 is 0. The summed E-state index contributed by atoms with van der Waals surface area (Å²) in [6, 6.07) is 8.70. The van der Waals surface area contributed by atoms with Crippen molar-refractivity contribution >= 4 is 0 Å². The van der Waals surface area contributed by atoms with Crippen molar-refractivity contribution in [1.29, 1.82) is 0 Å². The summed E-state index contributed by atoms with van der Waals surface area (Å²) in [5.41, 5.74) is 8.73. The predicted molar refractivity (Wildman–Crippen MR) is 75.1 cm³/mol. The van der Waals surface area contributed by atoms with Crippen molar-refractivity contribution in [2.75, 3.05) is 20.1 Å². The van der Waals surface area contributed by atoms with Gasteiger partial charge in [0.2, 0.25) is 0 Å². The smallest absolute Gasteiger partial charge is 0.0307 e. The average Bonchev–Trinajstić information content (AvgIpc) is 2.26. The third-order valence-electron chi connectivity index (χ3n) is 3.00. The Morgan fingerprint density at radius 1 is 1.18 bits per heavy atom. The summed E-state index contributed by atoms with van der Waals surface area (Å²) in [5.74, 6) is 0.718. The zero-order chi connectivity index (χ0) is 12.8. The van der Waals surface area contributed by atoms with E-state index >= 15 is 0 Å². The zero-order valence-corrected chi connectivity index (χ0v) is 11.6. The van der Waals surface area contributed by atoms with Crippen molar-refractivity contribution in [1.82, 2.24) is 4.90 Å². The van der Waals surface area contributed by atoms with Crippen LogP contribution in [0.1, 0.15) is 37.4 Å². The highest BCUT2D eigenvalue weighted by Crippen LogP contribution is 2.15. The first-order chi connectivity index (χ1) is 7.99. The molecule has 0 saturated heterocycles. The van der Waals surface area contributed by atoms with Crippen LogP contribution in [0, 0.1) is 12.8 Å². The van der Waals surface area contributed by atoms with Crippen LogP contribution in [0.4, 0.5) is 0 Å². The minimum atomic E-state index is 0.158. The van der Waals surface area contributed by atoms with Crippen molar-refractivity contribution in [2.45, 2.75) is 33.2 Å². The lowest BCUT2D eigenvalue weighted by Crippen LogP contribution is -2.27. The molecule has 0 aliphatic heterocycles. The van der Waals surface area contributed by atoms with Crippen LogP contribution in [0.15, 0.2) is 24.3 Å². The van der Waals surface area contributed by atoms with E-state index in [1.165, 1.54) is 11.1 Å². The summed E-state index contributed by atoms with van der Waals surface area (Å²) in [7, 11) is 2.17. The topological polar surface area (TPSA) is 29.3 Å². The van der Waals surface area contributed by atoms with Gasteiger partial charge in [-0.05, 0) is 38.4 Å². The van der Waals surface area contributed by atoms with Gasteiger partial charge in [0.25, 0.3) is 0 Å². The van der Waals surface area contributed by atoms with Crippen LogP contribution in [0.25, 0.3) is 0 Å². The van der Waals surface area contributed by atoms with Crippen LogP contribution in [-0.4, -0.2) is 25.0 Å². The molecule has 0 amide bonds. The summed E-state index contributed by atoms with van der Waals surface area (Å²) in [4.78, 5) is 2.36. The summed E-state index contributed by atoms with van der Waals surface area (Å²) < 4.78 is 0. The third kappa shape index (κ3) is 5.33. The van der Waals surface area contributed by atoms with Gasteiger partial charge in [-0.3, -0.25) is 0 Å². The van der Waals surface area contributed by atoms with Crippen LogP contribution >= 0.6 is 0 Å². The molecule has 1 rings (SSSR count). The molecule has 0 fully saturated rings. The minimum absolute atomic E-state index is 0.158. The molecule has 1 atom stereocenters. The van der Waals surface area contributed by atoms with Crippen molar-refractivity contribution in [3.05, 3.63) is 35.4 Å². The zero-order valence-electron chi connectivity index (χ0n) is 11.6. The fourth-order valence-electron chi connectivity index (χ4n) is 2.05. The van der Waals surface area contributed by atoms with Gasteiger partial charge >= 0.3 is 0 Å². The molecule has 0 spiro atoms. The number of benzene rings is 1. The van der Waals surface area contributed by atoms with E-state index in [1.54, 1.807) is 0 Å². The molecule has 1 unspecified atom stereocenters. The maximum Gasteiger partial charge on any atom is 0.0307 e. The summed E-state index contributed by atoms with van der Waals surface area (Å²) in [5, 5.41) is 0. The van der Waals surface area contributed by atoms with E-state index in [0.29, 0.717) is 0 Å². The Morgan fingerprint density at radius 3 is 2.29 bits per heavy atom. The molecule has 0 saturated carbocycles. The SMILES string of the molecule is Cc1ccc(C(N)CCN(C)CC(C)C)cc1. The Kier molecular flexibility index (Phi) is 5.66. The highest BCUT2D eigenvalue weighted by atomic mass is 15.1. The number of aryl methyl sites for hydroxylation is 1. The largest absolute Gasteiger partial charge is 0.324 e. The van der Waals surface area contributed by atoms with Crippen molar-refractivity contribution < 1.29 is 0 Å². The van der Waals surface area contributed by atoms with Gasteiger partial charge in [-0.2, -0.15) is 0 Å². The second-order valence-corrected chi connectivity index (χ2v) is 5.46. The van der Waals surface area contributed by atoms with E-state index in [2.05, 4.69) is 57.0 Å². The maximum absolute atomic E-state index is 6.20. The molecule has 0 aromatic heterocycles. The maximum atomic E-state index is 6.20. The van der Waals surface area contributed by atoms with Crippen LogP contribution in [-0.2, 0) is 0 Å². The number of hydrogen-bond donors (Lipinski definition) is 1. The lowest BCUT2D eigenvalue weighted by atomic mass is 10.0. The third-order valence-corrected chi connectivity index (χ3v) is 3.00. The standard InChI is InChI=1S/C15H26N2/c1-12(2)11-17(4)10-9-15(16)14-7-5-13(3)6-8-14/h5-8,12,15H,9-11,16H2,1-4H3. The van der Waals surface area contributed by atoms with Crippen molar-refractivity contribution in [3.63, 3.8) is 0 Å². The first-order valence-electron chi connectivity index (χ1n) is 6.49. The number of nitrogens with two attached hydrogens (primary N) is 1. The molecule has 0 radical (unpaired) electrons. The molecular weight excluding hydrogens is 208 g/mol. The van der Waals surface area contributed by atoms with Crippen LogP contribution in [0.2, 0.25) is 0 Å². The molecule has 2 N–H and O–H groups in total. The van der Waals surface area contributed by atoms with Crippen LogP contribution in [0.3, 0.4) is 0 Å². The quantitative estimate of drug-likeness (QED) is 0.820. The van der Waals surface area contributed by atoms with Crippen LogP contribution < -0.4 is 5.73 Å².